The van der Waals surface area contributed by atoms with Crippen LogP contribution in [0.15, 0.2) is 17.0 Å². The van der Waals surface area contributed by atoms with Crippen LogP contribution >= 0.6 is 0 Å². The molecule has 0 saturated heterocycles. The Hall–Kier alpha value is -2.36. The number of H-pyrrole nitrogens is 1. The molecule has 0 aliphatic rings. The number of rotatable bonds is 3. The zero-order valence-electron chi connectivity index (χ0n) is 7.06. The molecule has 0 unspecified atom stereocenters. The van der Waals surface area contributed by atoms with E-state index in [2.05, 4.69) is 25.7 Å². The summed E-state index contributed by atoms with van der Waals surface area (Å²) >= 11 is 0. The van der Waals surface area contributed by atoms with Crippen LogP contribution in [-0.2, 0) is 6.54 Å². The summed E-state index contributed by atoms with van der Waals surface area (Å²) in [5.74, 6) is 0.995. The molecule has 14 heavy (non-hydrogen) atoms. The summed E-state index contributed by atoms with van der Waals surface area (Å²) in [6.45, 7) is 0.358. The zero-order chi connectivity index (χ0) is 9.80. The second kappa shape index (κ2) is 3.57. The molecule has 0 amide bonds. The third kappa shape index (κ3) is 1.54. The predicted octanol–water partition coefficient (Wildman–Crippen LogP) is 0.276. The molecule has 0 spiro atoms. The lowest BCUT2D eigenvalue weighted by Gasteiger charge is -1.98. The number of nitriles is 1. The Kier molecular flexibility index (Phi) is 2.10. The lowest BCUT2D eigenvalue weighted by molar-refractivity contribution is 0.382. The first-order chi connectivity index (χ1) is 6.90. The van der Waals surface area contributed by atoms with Crippen molar-refractivity contribution in [2.45, 2.75) is 6.54 Å². The van der Waals surface area contributed by atoms with Crippen molar-refractivity contribution in [2.24, 2.45) is 0 Å². The number of nitrogens with zero attached hydrogens (tertiary/aromatic N) is 4. The summed E-state index contributed by atoms with van der Waals surface area (Å²) in [6.07, 6.45) is 2.76. The predicted molar refractivity (Wildman–Crippen MR) is 44.9 cm³/mol. The summed E-state index contributed by atoms with van der Waals surface area (Å²) < 4.78 is 4.76. The summed E-state index contributed by atoms with van der Waals surface area (Å²) in [5, 5.41) is 21.4. The molecule has 2 N–H and O–H groups in total. The molecule has 0 saturated carbocycles. The summed E-state index contributed by atoms with van der Waals surface area (Å²) in [5.41, 5.74) is 0.449. The minimum Gasteiger partial charge on any atom is -0.360 e. The Morgan fingerprint density at radius 2 is 2.57 bits per heavy atom. The molecule has 2 aromatic heterocycles. The van der Waals surface area contributed by atoms with Crippen molar-refractivity contribution < 1.29 is 4.52 Å². The fourth-order valence-corrected chi connectivity index (χ4v) is 0.944. The van der Waals surface area contributed by atoms with Crippen molar-refractivity contribution >= 4 is 5.82 Å². The molecule has 0 aliphatic carbocycles. The van der Waals surface area contributed by atoms with E-state index in [1.54, 1.807) is 0 Å². The second-order valence-electron chi connectivity index (χ2n) is 2.46. The van der Waals surface area contributed by atoms with Crippen molar-refractivity contribution in [3.05, 3.63) is 24.0 Å². The quantitative estimate of drug-likeness (QED) is 0.720. The highest BCUT2D eigenvalue weighted by Gasteiger charge is 2.04. The Morgan fingerprint density at radius 3 is 3.29 bits per heavy atom. The van der Waals surface area contributed by atoms with Crippen molar-refractivity contribution in [1.82, 2.24) is 20.3 Å². The van der Waals surface area contributed by atoms with Crippen LogP contribution in [0.3, 0.4) is 0 Å². The maximum Gasteiger partial charge on any atom is 0.245 e. The number of hydrogen-bond acceptors (Lipinski definition) is 6. The van der Waals surface area contributed by atoms with Gasteiger partial charge in [-0.2, -0.15) is 15.3 Å². The van der Waals surface area contributed by atoms with E-state index in [-0.39, 0.29) is 0 Å². The van der Waals surface area contributed by atoms with Gasteiger partial charge in [0.05, 0.1) is 12.7 Å². The summed E-state index contributed by atoms with van der Waals surface area (Å²) in [6, 6.07) is 1.98. The first kappa shape index (κ1) is 8.25. The molecule has 0 atom stereocenters. The Bertz CT molecular complexity index is 439. The molecule has 2 rings (SSSR count). The van der Waals surface area contributed by atoms with Gasteiger partial charge in [-0.05, 0) is 0 Å². The molecular weight excluding hydrogens is 184 g/mol. The average Bonchev–Trinajstić information content (AvgIpc) is 2.85. The first-order valence-electron chi connectivity index (χ1n) is 3.83. The van der Waals surface area contributed by atoms with Gasteiger partial charge < -0.3 is 9.84 Å². The minimum atomic E-state index is 0.358. The third-order valence-electron chi connectivity index (χ3n) is 1.58. The highest BCUT2D eigenvalue weighted by Crippen LogP contribution is 2.09. The van der Waals surface area contributed by atoms with E-state index >= 15 is 0 Å². The van der Waals surface area contributed by atoms with Crippen LogP contribution in [0.25, 0.3) is 0 Å². The van der Waals surface area contributed by atoms with Crippen LogP contribution in [0.1, 0.15) is 11.5 Å². The maximum atomic E-state index is 8.66. The molecule has 0 bridgehead atoms. The zero-order valence-corrected chi connectivity index (χ0v) is 7.06. The first-order valence-corrected chi connectivity index (χ1v) is 3.83. The van der Waals surface area contributed by atoms with Crippen LogP contribution in [0.5, 0.6) is 0 Å². The second-order valence-corrected chi connectivity index (χ2v) is 2.46. The Morgan fingerprint density at radius 1 is 1.64 bits per heavy atom. The van der Waals surface area contributed by atoms with E-state index in [0.29, 0.717) is 23.8 Å². The minimum absolute atomic E-state index is 0.358. The number of aromatic nitrogens is 4. The highest BCUT2D eigenvalue weighted by molar-refractivity contribution is 5.49. The standard InChI is InChI=1S/C7H6N6O/c8-1-5-2-11-13-7(5)9-3-6-10-4-12-14-6/h2,4H,3H2,(H2,9,11,13). The van der Waals surface area contributed by atoms with Crippen molar-refractivity contribution in [3.8, 4) is 6.07 Å². The Labute approximate surface area is 78.7 Å². The van der Waals surface area contributed by atoms with Crippen molar-refractivity contribution in [2.75, 3.05) is 5.32 Å². The van der Waals surface area contributed by atoms with E-state index < -0.39 is 0 Å². The van der Waals surface area contributed by atoms with E-state index in [4.69, 9.17) is 9.78 Å². The molecule has 0 aromatic carbocycles. The number of nitrogens with one attached hydrogen (secondary N) is 2. The van der Waals surface area contributed by atoms with Gasteiger partial charge in [-0.15, -0.1) is 0 Å². The van der Waals surface area contributed by atoms with Crippen LogP contribution in [-0.4, -0.2) is 20.3 Å². The molecule has 7 nitrogen and oxygen atoms in total. The monoisotopic (exact) mass is 190 g/mol. The lowest BCUT2D eigenvalue weighted by Crippen LogP contribution is -2.01. The summed E-state index contributed by atoms with van der Waals surface area (Å²) in [7, 11) is 0. The van der Waals surface area contributed by atoms with Gasteiger partial charge in [0.2, 0.25) is 5.89 Å². The molecule has 70 valence electrons. The van der Waals surface area contributed by atoms with Crippen LogP contribution in [0.4, 0.5) is 5.82 Å². The molecular formula is C7H6N6O. The van der Waals surface area contributed by atoms with Gasteiger partial charge in [0.15, 0.2) is 6.33 Å². The number of aromatic amines is 1. The van der Waals surface area contributed by atoms with Gasteiger partial charge in [0, 0.05) is 0 Å². The highest BCUT2D eigenvalue weighted by atomic mass is 16.5. The molecule has 0 aliphatic heterocycles. The van der Waals surface area contributed by atoms with E-state index in [9.17, 15) is 0 Å². The van der Waals surface area contributed by atoms with E-state index in [1.165, 1.54) is 12.5 Å². The number of hydrogen-bond donors (Lipinski definition) is 2. The van der Waals surface area contributed by atoms with Gasteiger partial charge in [0.25, 0.3) is 0 Å². The largest absolute Gasteiger partial charge is 0.360 e. The van der Waals surface area contributed by atoms with Crippen LogP contribution in [0.2, 0.25) is 0 Å². The Balaban J connectivity index is 2.02. The van der Waals surface area contributed by atoms with E-state index in [0.717, 1.165) is 0 Å². The van der Waals surface area contributed by atoms with E-state index in [1.807, 2.05) is 6.07 Å². The van der Waals surface area contributed by atoms with Gasteiger partial charge in [0.1, 0.15) is 17.5 Å². The van der Waals surface area contributed by atoms with Gasteiger partial charge in [-0.3, -0.25) is 5.10 Å². The topological polar surface area (TPSA) is 103 Å². The summed E-state index contributed by atoms with van der Waals surface area (Å²) in [4.78, 5) is 3.81. The van der Waals surface area contributed by atoms with Crippen LogP contribution < -0.4 is 5.32 Å². The fraction of sp³-hybridized carbons (Fsp3) is 0.143. The van der Waals surface area contributed by atoms with Crippen molar-refractivity contribution in [3.63, 3.8) is 0 Å². The van der Waals surface area contributed by atoms with Gasteiger partial charge in [-0.25, -0.2) is 0 Å². The molecule has 2 heterocycles. The fourth-order valence-electron chi connectivity index (χ4n) is 0.944. The number of anilines is 1. The smallest absolute Gasteiger partial charge is 0.245 e. The van der Waals surface area contributed by atoms with Crippen molar-refractivity contribution in [1.29, 1.82) is 5.26 Å². The molecule has 7 heteroatoms. The van der Waals surface area contributed by atoms with Gasteiger partial charge in [-0.1, -0.05) is 5.16 Å². The molecule has 2 aromatic rings. The maximum absolute atomic E-state index is 8.66. The average molecular weight is 190 g/mol. The lowest BCUT2D eigenvalue weighted by atomic mass is 10.3. The molecule has 0 radical (unpaired) electrons. The van der Waals surface area contributed by atoms with Gasteiger partial charge >= 0.3 is 0 Å². The normalized spacial score (nSPS) is 9.64. The third-order valence-corrected chi connectivity index (χ3v) is 1.58. The van der Waals surface area contributed by atoms with Crippen LogP contribution in [0, 0.1) is 11.3 Å². The SMILES string of the molecule is N#Cc1cn[nH]c1NCc1ncno1. The molecule has 0 fully saturated rings.